The fourth-order valence-electron chi connectivity index (χ4n) is 2.26. The predicted molar refractivity (Wildman–Crippen MR) is 73.0 cm³/mol. The minimum Gasteiger partial charge on any atom is -0.368 e. The zero-order chi connectivity index (χ0) is 13.7. The number of nitrogens with one attached hydrogen (secondary N) is 1. The number of carbonyl (C=O) groups excluding carboxylic acids is 2. The van der Waals surface area contributed by atoms with E-state index in [0.717, 1.165) is 24.8 Å². The van der Waals surface area contributed by atoms with Crippen LogP contribution in [0.25, 0.3) is 0 Å². The van der Waals surface area contributed by atoms with E-state index in [-0.39, 0.29) is 11.8 Å². The van der Waals surface area contributed by atoms with Gasteiger partial charge in [0, 0.05) is 5.92 Å². The van der Waals surface area contributed by atoms with Gasteiger partial charge < -0.3 is 11.1 Å². The van der Waals surface area contributed by atoms with E-state index >= 15 is 0 Å². The Labute approximate surface area is 112 Å². The molecule has 1 aromatic rings. The van der Waals surface area contributed by atoms with Crippen LogP contribution in [0.15, 0.2) is 42.5 Å². The number of nitrogens with two attached hydrogens (primary N) is 1. The van der Waals surface area contributed by atoms with Gasteiger partial charge in [0.1, 0.15) is 6.04 Å². The van der Waals surface area contributed by atoms with Crippen molar-refractivity contribution in [2.45, 2.75) is 25.3 Å². The van der Waals surface area contributed by atoms with Crippen LogP contribution in [-0.2, 0) is 9.59 Å². The van der Waals surface area contributed by atoms with Crippen molar-refractivity contribution in [2.75, 3.05) is 0 Å². The summed E-state index contributed by atoms with van der Waals surface area (Å²) in [6.07, 6.45) is 6.54. The lowest BCUT2D eigenvalue weighted by molar-refractivity contribution is -0.130. The molecule has 1 aliphatic rings. The summed E-state index contributed by atoms with van der Waals surface area (Å²) in [6.45, 7) is 0. The highest BCUT2D eigenvalue weighted by atomic mass is 16.2. The Morgan fingerprint density at radius 3 is 2.53 bits per heavy atom. The molecule has 4 heteroatoms. The van der Waals surface area contributed by atoms with Crippen LogP contribution in [-0.4, -0.2) is 11.8 Å². The second-order valence-corrected chi connectivity index (χ2v) is 4.74. The molecular weight excluding hydrogens is 240 g/mol. The average Bonchev–Trinajstić information content (AvgIpc) is 2.46. The summed E-state index contributed by atoms with van der Waals surface area (Å²) in [5, 5.41) is 2.76. The highest BCUT2D eigenvalue weighted by Gasteiger charge is 2.25. The van der Waals surface area contributed by atoms with Crippen molar-refractivity contribution in [2.24, 2.45) is 11.7 Å². The molecule has 0 spiro atoms. The standard InChI is InChI=1S/C15H18N2O2/c16-14(18)13(11-7-3-1-4-8-11)17-15(19)12-9-5-2-6-10-12/h1-5,7-8,12-13H,6,9-10H2,(H2,16,18)(H,17,19)/t12-,13+/m0/s1. The van der Waals surface area contributed by atoms with E-state index < -0.39 is 11.9 Å². The van der Waals surface area contributed by atoms with E-state index in [1.54, 1.807) is 12.1 Å². The molecule has 0 aromatic heterocycles. The second-order valence-electron chi connectivity index (χ2n) is 4.74. The second kappa shape index (κ2) is 6.18. The number of hydrogen-bond donors (Lipinski definition) is 2. The summed E-state index contributed by atoms with van der Waals surface area (Å²) < 4.78 is 0. The number of hydrogen-bond acceptors (Lipinski definition) is 2. The van der Waals surface area contributed by atoms with Gasteiger partial charge in [0.15, 0.2) is 0 Å². The normalized spacial score (nSPS) is 19.7. The van der Waals surface area contributed by atoms with Crippen LogP contribution in [0.1, 0.15) is 30.9 Å². The molecule has 0 radical (unpaired) electrons. The lowest BCUT2D eigenvalue weighted by atomic mass is 9.93. The Kier molecular flexibility index (Phi) is 4.34. The maximum Gasteiger partial charge on any atom is 0.244 e. The van der Waals surface area contributed by atoms with Gasteiger partial charge in [0.05, 0.1) is 0 Å². The monoisotopic (exact) mass is 258 g/mol. The molecule has 0 bridgehead atoms. The first-order valence-corrected chi connectivity index (χ1v) is 6.48. The van der Waals surface area contributed by atoms with Gasteiger partial charge in [-0.1, -0.05) is 42.5 Å². The molecule has 0 fully saturated rings. The van der Waals surface area contributed by atoms with Gasteiger partial charge in [-0.25, -0.2) is 0 Å². The van der Waals surface area contributed by atoms with Crippen molar-refractivity contribution in [3.05, 3.63) is 48.0 Å². The van der Waals surface area contributed by atoms with E-state index in [1.807, 2.05) is 24.3 Å². The molecule has 2 amide bonds. The molecule has 2 rings (SSSR count). The molecule has 0 heterocycles. The fourth-order valence-corrected chi connectivity index (χ4v) is 2.26. The minimum atomic E-state index is -0.750. The summed E-state index contributed by atoms with van der Waals surface area (Å²) >= 11 is 0. The molecule has 0 saturated heterocycles. The predicted octanol–water partition coefficient (Wildman–Crippen LogP) is 1.69. The topological polar surface area (TPSA) is 72.2 Å². The Morgan fingerprint density at radius 1 is 1.21 bits per heavy atom. The number of rotatable bonds is 4. The first-order chi connectivity index (χ1) is 9.18. The van der Waals surface area contributed by atoms with Crippen LogP contribution >= 0.6 is 0 Å². The zero-order valence-electron chi connectivity index (χ0n) is 10.7. The molecule has 2 atom stereocenters. The number of allylic oxidation sites excluding steroid dienone is 2. The van der Waals surface area contributed by atoms with Gasteiger partial charge in [0.25, 0.3) is 0 Å². The Balaban J connectivity index is 2.07. The van der Waals surface area contributed by atoms with Crippen LogP contribution in [0.5, 0.6) is 0 Å². The summed E-state index contributed by atoms with van der Waals surface area (Å²) in [4.78, 5) is 23.6. The molecule has 3 N–H and O–H groups in total. The fraction of sp³-hybridized carbons (Fsp3) is 0.333. The Hall–Kier alpha value is -2.10. The molecule has 100 valence electrons. The molecular formula is C15H18N2O2. The van der Waals surface area contributed by atoms with Gasteiger partial charge >= 0.3 is 0 Å². The van der Waals surface area contributed by atoms with E-state index in [2.05, 4.69) is 11.4 Å². The first-order valence-electron chi connectivity index (χ1n) is 6.48. The molecule has 1 aromatic carbocycles. The largest absolute Gasteiger partial charge is 0.368 e. The Bertz CT molecular complexity index is 482. The van der Waals surface area contributed by atoms with Crippen molar-refractivity contribution < 1.29 is 9.59 Å². The summed E-state index contributed by atoms with van der Waals surface area (Å²) in [5.74, 6) is -0.696. The SMILES string of the molecule is NC(=O)[C@H](NC(=O)[C@H]1CC=CCC1)c1ccccc1. The van der Waals surface area contributed by atoms with Crippen molar-refractivity contribution >= 4 is 11.8 Å². The number of amides is 2. The van der Waals surface area contributed by atoms with Crippen molar-refractivity contribution in [3.63, 3.8) is 0 Å². The highest BCUT2D eigenvalue weighted by Crippen LogP contribution is 2.20. The van der Waals surface area contributed by atoms with Gasteiger partial charge in [0.2, 0.25) is 11.8 Å². The summed E-state index contributed by atoms with van der Waals surface area (Å²) in [7, 11) is 0. The molecule has 19 heavy (non-hydrogen) atoms. The van der Waals surface area contributed by atoms with Crippen molar-refractivity contribution in [3.8, 4) is 0 Å². The van der Waals surface area contributed by atoms with Crippen LogP contribution in [0.2, 0.25) is 0 Å². The first kappa shape index (κ1) is 13.3. The quantitative estimate of drug-likeness (QED) is 0.807. The van der Waals surface area contributed by atoms with Crippen LogP contribution in [0, 0.1) is 5.92 Å². The van der Waals surface area contributed by atoms with Crippen LogP contribution in [0.4, 0.5) is 0 Å². The maximum absolute atomic E-state index is 12.1. The smallest absolute Gasteiger partial charge is 0.244 e. The third kappa shape index (κ3) is 3.44. The van der Waals surface area contributed by atoms with Crippen molar-refractivity contribution in [1.82, 2.24) is 5.32 Å². The van der Waals surface area contributed by atoms with E-state index in [4.69, 9.17) is 5.73 Å². The average molecular weight is 258 g/mol. The third-order valence-corrected chi connectivity index (χ3v) is 3.34. The number of benzene rings is 1. The molecule has 1 aliphatic carbocycles. The molecule has 0 saturated carbocycles. The Morgan fingerprint density at radius 2 is 1.95 bits per heavy atom. The van der Waals surface area contributed by atoms with Crippen LogP contribution < -0.4 is 11.1 Å². The summed E-state index contributed by atoms with van der Waals surface area (Å²) in [6, 6.07) is 8.32. The molecule has 4 nitrogen and oxygen atoms in total. The van der Waals surface area contributed by atoms with Gasteiger partial charge in [-0.2, -0.15) is 0 Å². The molecule has 0 unspecified atom stereocenters. The third-order valence-electron chi connectivity index (χ3n) is 3.34. The zero-order valence-corrected chi connectivity index (χ0v) is 10.7. The number of primary amides is 1. The van der Waals surface area contributed by atoms with E-state index in [9.17, 15) is 9.59 Å². The lowest BCUT2D eigenvalue weighted by Crippen LogP contribution is -2.40. The van der Waals surface area contributed by atoms with Crippen molar-refractivity contribution in [1.29, 1.82) is 0 Å². The molecule has 0 aliphatic heterocycles. The highest BCUT2D eigenvalue weighted by molar-refractivity contribution is 5.88. The van der Waals surface area contributed by atoms with Gasteiger partial charge in [-0.3, -0.25) is 9.59 Å². The van der Waals surface area contributed by atoms with Gasteiger partial charge in [-0.05, 0) is 24.8 Å². The summed E-state index contributed by atoms with van der Waals surface area (Å²) in [5.41, 5.74) is 6.10. The minimum absolute atomic E-state index is 0.0597. The lowest BCUT2D eigenvalue weighted by Gasteiger charge is -2.21. The maximum atomic E-state index is 12.1. The van der Waals surface area contributed by atoms with E-state index in [1.165, 1.54) is 0 Å². The van der Waals surface area contributed by atoms with Crippen LogP contribution in [0.3, 0.4) is 0 Å². The number of carbonyl (C=O) groups is 2. The van der Waals surface area contributed by atoms with Gasteiger partial charge in [-0.15, -0.1) is 0 Å². The van der Waals surface area contributed by atoms with E-state index in [0.29, 0.717) is 0 Å².